The summed E-state index contributed by atoms with van der Waals surface area (Å²) >= 11 is 0. The molecule has 0 atom stereocenters. The van der Waals surface area contributed by atoms with Crippen molar-refractivity contribution in [2.45, 2.75) is 12.5 Å². The Balaban J connectivity index is 1.78. The number of rotatable bonds is 7. The number of para-hydroxylation sites is 1. The summed E-state index contributed by atoms with van der Waals surface area (Å²) < 4.78 is 5.16. The highest BCUT2D eigenvalue weighted by molar-refractivity contribution is 6.04. The molecule has 30 heavy (non-hydrogen) atoms. The third-order valence-corrected chi connectivity index (χ3v) is 4.59. The fourth-order valence-electron chi connectivity index (χ4n) is 3.08. The lowest BCUT2D eigenvalue weighted by molar-refractivity contribution is -0.163. The number of amides is 1. The molecule has 0 radical (unpaired) electrons. The molecule has 3 rings (SSSR count). The Bertz CT molecular complexity index is 1010. The Morgan fingerprint density at radius 1 is 0.833 bits per heavy atom. The molecule has 0 saturated carbocycles. The van der Waals surface area contributed by atoms with Gasteiger partial charge in [-0.15, -0.1) is 0 Å². The Labute approximate surface area is 174 Å². The number of ether oxygens (including phenoxy) is 1. The number of hydrogen-bond acceptors (Lipinski definition) is 5. The van der Waals surface area contributed by atoms with E-state index in [2.05, 4.69) is 5.32 Å². The van der Waals surface area contributed by atoms with Crippen molar-refractivity contribution in [1.82, 2.24) is 0 Å². The molecule has 152 valence electrons. The molecule has 6 nitrogen and oxygen atoms in total. The van der Waals surface area contributed by atoms with Crippen molar-refractivity contribution in [1.29, 1.82) is 0 Å². The topological polar surface area (TPSA) is 92.7 Å². The molecule has 1 amide bonds. The van der Waals surface area contributed by atoms with Crippen LogP contribution in [0.3, 0.4) is 0 Å². The van der Waals surface area contributed by atoms with Crippen molar-refractivity contribution in [2.75, 3.05) is 11.9 Å². The summed E-state index contributed by atoms with van der Waals surface area (Å²) in [5, 5.41) is 13.9. The van der Waals surface area contributed by atoms with Crippen molar-refractivity contribution >= 4 is 23.3 Å². The first kappa shape index (κ1) is 21.0. The molecule has 0 aliphatic carbocycles. The van der Waals surface area contributed by atoms with E-state index in [-0.39, 0.29) is 5.78 Å². The molecular formula is C24H21NO5. The van der Waals surface area contributed by atoms with Crippen LogP contribution in [0.5, 0.6) is 0 Å². The average molecular weight is 403 g/mol. The Kier molecular flexibility index (Phi) is 6.39. The largest absolute Gasteiger partial charge is 0.453 e. The van der Waals surface area contributed by atoms with Gasteiger partial charge in [0.05, 0.1) is 5.69 Å². The first-order valence-corrected chi connectivity index (χ1v) is 9.33. The van der Waals surface area contributed by atoms with E-state index in [9.17, 15) is 19.5 Å². The van der Waals surface area contributed by atoms with Crippen LogP contribution in [0.15, 0.2) is 84.9 Å². The van der Waals surface area contributed by atoms with E-state index in [1.165, 1.54) is 6.92 Å². The SMILES string of the molecule is CC(=O)c1ccccc1NC(=O)COC(=O)C(O)(c1ccccc1)c1ccccc1. The van der Waals surface area contributed by atoms with Gasteiger partial charge in [-0.25, -0.2) is 4.79 Å². The Morgan fingerprint density at radius 3 is 1.87 bits per heavy atom. The zero-order chi connectivity index (χ0) is 21.6. The van der Waals surface area contributed by atoms with E-state index in [1.54, 1.807) is 84.9 Å². The number of aliphatic hydroxyl groups is 1. The molecule has 3 aromatic carbocycles. The van der Waals surface area contributed by atoms with Crippen LogP contribution in [0, 0.1) is 0 Å². The third kappa shape index (κ3) is 4.45. The lowest BCUT2D eigenvalue weighted by atomic mass is 9.86. The monoisotopic (exact) mass is 403 g/mol. The molecule has 0 aromatic heterocycles. The molecule has 0 fully saturated rings. The maximum Gasteiger partial charge on any atom is 0.348 e. The van der Waals surface area contributed by atoms with Crippen molar-refractivity contribution in [3.05, 3.63) is 102 Å². The van der Waals surface area contributed by atoms with Gasteiger partial charge < -0.3 is 15.2 Å². The van der Waals surface area contributed by atoms with E-state index in [1.807, 2.05) is 0 Å². The predicted octanol–water partition coefficient (Wildman–Crippen LogP) is 3.31. The zero-order valence-corrected chi connectivity index (χ0v) is 16.4. The van der Waals surface area contributed by atoms with Crippen LogP contribution in [-0.4, -0.2) is 29.4 Å². The van der Waals surface area contributed by atoms with Crippen molar-refractivity contribution in [2.24, 2.45) is 0 Å². The minimum Gasteiger partial charge on any atom is -0.453 e. The summed E-state index contributed by atoms with van der Waals surface area (Å²) in [6, 6.07) is 23.3. The standard InChI is InChI=1S/C24H21NO5/c1-17(26)20-14-8-9-15-21(20)25-22(27)16-30-23(28)24(29,18-10-4-2-5-11-18)19-12-6-3-7-13-19/h2-15,29H,16H2,1H3,(H,25,27). The summed E-state index contributed by atoms with van der Waals surface area (Å²) in [4.78, 5) is 36.9. The molecule has 0 saturated heterocycles. The maximum atomic E-state index is 12.9. The second-order valence-corrected chi connectivity index (χ2v) is 6.67. The predicted molar refractivity (Wildman–Crippen MR) is 112 cm³/mol. The fourth-order valence-corrected chi connectivity index (χ4v) is 3.08. The van der Waals surface area contributed by atoms with Gasteiger partial charge in [0.1, 0.15) is 0 Å². The van der Waals surface area contributed by atoms with Gasteiger partial charge in [-0.05, 0) is 30.2 Å². The van der Waals surface area contributed by atoms with Gasteiger partial charge in [-0.1, -0.05) is 72.8 Å². The Hall–Kier alpha value is -3.77. The normalized spacial score (nSPS) is 10.9. The molecule has 2 N–H and O–H groups in total. The molecule has 6 heteroatoms. The Morgan fingerprint density at radius 2 is 1.33 bits per heavy atom. The molecule has 0 spiro atoms. The first-order chi connectivity index (χ1) is 14.4. The lowest BCUT2D eigenvalue weighted by Crippen LogP contribution is -2.39. The van der Waals surface area contributed by atoms with Gasteiger partial charge in [0.2, 0.25) is 5.60 Å². The molecule has 0 aliphatic heterocycles. The number of carbonyl (C=O) groups excluding carboxylic acids is 3. The summed E-state index contributed by atoms with van der Waals surface area (Å²) in [5.41, 5.74) is -0.748. The van der Waals surface area contributed by atoms with Gasteiger partial charge >= 0.3 is 5.97 Å². The minimum absolute atomic E-state index is 0.203. The van der Waals surface area contributed by atoms with E-state index in [0.29, 0.717) is 22.4 Å². The van der Waals surface area contributed by atoms with Crippen LogP contribution in [-0.2, 0) is 19.9 Å². The van der Waals surface area contributed by atoms with Gasteiger partial charge in [-0.3, -0.25) is 9.59 Å². The van der Waals surface area contributed by atoms with Crippen molar-refractivity contribution < 1.29 is 24.2 Å². The van der Waals surface area contributed by atoms with Crippen LogP contribution < -0.4 is 5.32 Å². The van der Waals surface area contributed by atoms with Gasteiger partial charge in [0, 0.05) is 5.56 Å². The molecule has 3 aromatic rings. The van der Waals surface area contributed by atoms with E-state index < -0.39 is 24.1 Å². The van der Waals surface area contributed by atoms with Crippen molar-refractivity contribution in [3.8, 4) is 0 Å². The quantitative estimate of drug-likeness (QED) is 0.466. The number of anilines is 1. The highest BCUT2D eigenvalue weighted by atomic mass is 16.6. The van der Waals surface area contributed by atoms with Gasteiger partial charge in [-0.2, -0.15) is 0 Å². The summed E-state index contributed by atoms with van der Waals surface area (Å²) in [6.45, 7) is 0.776. The number of ketones is 1. The smallest absolute Gasteiger partial charge is 0.348 e. The summed E-state index contributed by atoms with van der Waals surface area (Å²) in [5.74, 6) is -1.80. The van der Waals surface area contributed by atoms with Gasteiger partial charge in [0.25, 0.3) is 5.91 Å². The van der Waals surface area contributed by atoms with Crippen LogP contribution in [0.25, 0.3) is 0 Å². The number of nitrogens with one attached hydrogen (secondary N) is 1. The average Bonchev–Trinajstić information content (AvgIpc) is 2.78. The summed E-state index contributed by atoms with van der Waals surface area (Å²) in [7, 11) is 0. The number of esters is 1. The molecular weight excluding hydrogens is 382 g/mol. The lowest BCUT2D eigenvalue weighted by Gasteiger charge is -2.27. The van der Waals surface area contributed by atoms with Gasteiger partial charge in [0.15, 0.2) is 12.4 Å². The second kappa shape index (κ2) is 9.15. The molecule has 0 heterocycles. The first-order valence-electron chi connectivity index (χ1n) is 9.33. The molecule has 0 unspecified atom stereocenters. The van der Waals surface area contributed by atoms with Crippen molar-refractivity contribution in [3.63, 3.8) is 0 Å². The van der Waals surface area contributed by atoms with Crippen LogP contribution in [0.1, 0.15) is 28.4 Å². The maximum absolute atomic E-state index is 12.9. The third-order valence-electron chi connectivity index (χ3n) is 4.59. The fraction of sp³-hybridized carbons (Fsp3) is 0.125. The number of Topliss-reactive ketones (excluding diaryl/α,β-unsaturated/α-hetero) is 1. The van der Waals surface area contributed by atoms with Crippen LogP contribution in [0.4, 0.5) is 5.69 Å². The molecule has 0 bridgehead atoms. The summed E-state index contributed by atoms with van der Waals surface area (Å²) in [6.07, 6.45) is 0. The van der Waals surface area contributed by atoms with Crippen LogP contribution >= 0.6 is 0 Å². The van der Waals surface area contributed by atoms with E-state index >= 15 is 0 Å². The van der Waals surface area contributed by atoms with Crippen LogP contribution in [0.2, 0.25) is 0 Å². The molecule has 0 aliphatic rings. The highest BCUT2D eigenvalue weighted by Gasteiger charge is 2.41. The minimum atomic E-state index is -2.07. The number of carbonyl (C=O) groups is 3. The van der Waals surface area contributed by atoms with E-state index in [0.717, 1.165) is 0 Å². The number of benzene rings is 3. The van der Waals surface area contributed by atoms with E-state index in [4.69, 9.17) is 4.74 Å². The zero-order valence-electron chi connectivity index (χ0n) is 16.4. The highest BCUT2D eigenvalue weighted by Crippen LogP contribution is 2.31. The second-order valence-electron chi connectivity index (χ2n) is 6.67. The number of hydrogen-bond donors (Lipinski definition) is 2.